The van der Waals surface area contributed by atoms with Crippen molar-refractivity contribution in [3.63, 3.8) is 0 Å². The second-order valence-electron chi connectivity index (χ2n) is 5.57. The molecule has 140 valence electrons. The first-order valence-corrected chi connectivity index (χ1v) is 7.77. The number of benzene rings is 2. The van der Waals surface area contributed by atoms with Crippen LogP contribution in [0.3, 0.4) is 0 Å². The topological polar surface area (TPSA) is 68.9 Å². The van der Waals surface area contributed by atoms with Crippen LogP contribution in [-0.2, 0) is 6.54 Å². The zero-order chi connectivity index (χ0) is 19.2. The van der Waals surface area contributed by atoms with Crippen molar-refractivity contribution >= 4 is 11.6 Å². The van der Waals surface area contributed by atoms with E-state index in [2.05, 4.69) is 10.3 Å². The van der Waals surface area contributed by atoms with E-state index in [1.807, 2.05) is 0 Å². The van der Waals surface area contributed by atoms with E-state index in [0.717, 1.165) is 5.56 Å². The van der Waals surface area contributed by atoms with E-state index >= 15 is 0 Å². The highest BCUT2D eigenvalue weighted by molar-refractivity contribution is 5.92. The van der Waals surface area contributed by atoms with Crippen molar-refractivity contribution in [1.82, 2.24) is 0 Å². The van der Waals surface area contributed by atoms with Crippen molar-refractivity contribution in [3.05, 3.63) is 53.6 Å². The van der Waals surface area contributed by atoms with Gasteiger partial charge >= 0.3 is 6.18 Å². The number of methoxy groups -OCH3 is 1. The van der Waals surface area contributed by atoms with Gasteiger partial charge in [0.25, 0.3) is 0 Å². The molecule has 8 heteroatoms. The van der Waals surface area contributed by atoms with Gasteiger partial charge in [-0.05, 0) is 30.7 Å². The number of nitrogens with zero attached hydrogens (tertiary/aromatic N) is 1. The lowest BCUT2D eigenvalue weighted by atomic mass is 10.1. The van der Waals surface area contributed by atoms with Gasteiger partial charge in [-0.25, -0.2) is 4.99 Å². The number of rotatable bonds is 6. The number of aryl methyl sites for hydroxylation is 1. The van der Waals surface area contributed by atoms with E-state index in [4.69, 9.17) is 15.2 Å². The number of halogens is 3. The molecule has 0 aliphatic carbocycles. The summed E-state index contributed by atoms with van der Waals surface area (Å²) >= 11 is 0. The Labute approximate surface area is 149 Å². The Balaban J connectivity index is 2.08. The molecule has 0 spiro atoms. The van der Waals surface area contributed by atoms with Crippen LogP contribution in [0, 0.1) is 6.92 Å². The molecule has 3 N–H and O–H groups in total. The van der Waals surface area contributed by atoms with Crippen LogP contribution in [0.25, 0.3) is 0 Å². The standard InChI is InChI=1S/C18H20F3N3O2/c1-12-6-7-13(16(8-12)26-11-18(19,20)21)10-23-17(22)24-14-4-3-5-15(9-14)25-2/h3-9H,10-11H2,1-2H3,(H3,22,23,24). The van der Waals surface area contributed by atoms with Gasteiger partial charge in [-0.3, -0.25) is 0 Å². The molecular weight excluding hydrogens is 347 g/mol. The predicted octanol–water partition coefficient (Wildman–Crippen LogP) is 3.87. The lowest BCUT2D eigenvalue weighted by molar-refractivity contribution is -0.153. The van der Waals surface area contributed by atoms with E-state index in [-0.39, 0.29) is 18.3 Å². The number of aliphatic imine (C=N–C) groups is 1. The summed E-state index contributed by atoms with van der Waals surface area (Å²) in [6.45, 7) is 0.493. The Bertz CT molecular complexity index is 777. The van der Waals surface area contributed by atoms with Gasteiger partial charge in [0.2, 0.25) is 0 Å². The summed E-state index contributed by atoms with van der Waals surface area (Å²) in [5.41, 5.74) is 7.83. The van der Waals surface area contributed by atoms with Gasteiger partial charge in [-0.2, -0.15) is 13.2 Å². The number of ether oxygens (including phenoxy) is 2. The number of hydrogen-bond donors (Lipinski definition) is 2. The first-order chi connectivity index (χ1) is 12.3. The minimum Gasteiger partial charge on any atom is -0.497 e. The zero-order valence-electron chi connectivity index (χ0n) is 14.4. The van der Waals surface area contributed by atoms with E-state index in [9.17, 15) is 13.2 Å². The second-order valence-corrected chi connectivity index (χ2v) is 5.57. The molecule has 2 aromatic rings. The molecule has 0 aromatic heterocycles. The van der Waals surface area contributed by atoms with Crippen LogP contribution in [0.5, 0.6) is 11.5 Å². The maximum absolute atomic E-state index is 12.4. The van der Waals surface area contributed by atoms with Crippen molar-refractivity contribution in [2.24, 2.45) is 10.7 Å². The summed E-state index contributed by atoms with van der Waals surface area (Å²) in [6.07, 6.45) is -4.41. The smallest absolute Gasteiger partial charge is 0.422 e. The molecule has 0 bridgehead atoms. The number of hydrogen-bond acceptors (Lipinski definition) is 3. The third-order valence-electron chi connectivity index (χ3n) is 3.38. The van der Waals surface area contributed by atoms with Gasteiger partial charge in [0.15, 0.2) is 12.6 Å². The molecule has 2 rings (SSSR count). The minimum atomic E-state index is -4.41. The Morgan fingerprint density at radius 1 is 1.19 bits per heavy atom. The molecule has 0 amide bonds. The third kappa shape index (κ3) is 6.19. The Kier molecular flexibility index (Phi) is 6.32. The van der Waals surface area contributed by atoms with Gasteiger partial charge in [-0.15, -0.1) is 0 Å². The molecule has 0 saturated carbocycles. The minimum absolute atomic E-state index is 0.0796. The van der Waals surface area contributed by atoms with Crippen LogP contribution in [0.4, 0.5) is 18.9 Å². The molecule has 0 aliphatic heterocycles. The number of nitrogens with two attached hydrogens (primary N) is 1. The van der Waals surface area contributed by atoms with Crippen LogP contribution in [0.2, 0.25) is 0 Å². The lowest BCUT2D eigenvalue weighted by Gasteiger charge is -2.13. The lowest BCUT2D eigenvalue weighted by Crippen LogP contribution is -2.23. The predicted molar refractivity (Wildman–Crippen MR) is 94.7 cm³/mol. The first-order valence-electron chi connectivity index (χ1n) is 7.77. The quantitative estimate of drug-likeness (QED) is 0.601. The van der Waals surface area contributed by atoms with Crippen LogP contribution >= 0.6 is 0 Å². The fraction of sp³-hybridized carbons (Fsp3) is 0.278. The van der Waals surface area contributed by atoms with Crippen molar-refractivity contribution < 1.29 is 22.6 Å². The largest absolute Gasteiger partial charge is 0.497 e. The number of guanidine groups is 1. The third-order valence-corrected chi connectivity index (χ3v) is 3.38. The summed E-state index contributed by atoms with van der Waals surface area (Å²) in [7, 11) is 1.55. The molecule has 0 aliphatic rings. The number of anilines is 1. The van der Waals surface area contributed by atoms with E-state index in [0.29, 0.717) is 17.0 Å². The molecular formula is C18H20F3N3O2. The fourth-order valence-corrected chi connectivity index (χ4v) is 2.14. The normalized spacial score (nSPS) is 12.0. The maximum atomic E-state index is 12.4. The monoisotopic (exact) mass is 367 g/mol. The average molecular weight is 367 g/mol. The van der Waals surface area contributed by atoms with E-state index in [1.54, 1.807) is 56.5 Å². The molecule has 0 unspecified atom stereocenters. The maximum Gasteiger partial charge on any atom is 0.422 e. The number of alkyl halides is 3. The molecule has 26 heavy (non-hydrogen) atoms. The molecule has 0 saturated heterocycles. The molecule has 0 radical (unpaired) electrons. The molecule has 2 aromatic carbocycles. The SMILES string of the molecule is COc1cccc(NC(N)=NCc2ccc(C)cc2OCC(F)(F)F)c1. The van der Waals surface area contributed by atoms with Crippen molar-refractivity contribution in [1.29, 1.82) is 0 Å². The zero-order valence-corrected chi connectivity index (χ0v) is 14.4. The molecule has 0 heterocycles. The van der Waals surface area contributed by atoms with Gasteiger partial charge in [-0.1, -0.05) is 18.2 Å². The molecule has 0 fully saturated rings. The van der Waals surface area contributed by atoms with Gasteiger partial charge < -0.3 is 20.5 Å². The highest BCUT2D eigenvalue weighted by atomic mass is 19.4. The van der Waals surface area contributed by atoms with Crippen molar-refractivity contribution in [3.8, 4) is 11.5 Å². The number of nitrogens with one attached hydrogen (secondary N) is 1. The molecule has 0 atom stereocenters. The summed E-state index contributed by atoms with van der Waals surface area (Å²) in [5, 5.41) is 2.90. The van der Waals surface area contributed by atoms with E-state index < -0.39 is 12.8 Å². The van der Waals surface area contributed by atoms with Gasteiger partial charge in [0, 0.05) is 17.3 Å². The second kappa shape index (κ2) is 8.46. The highest BCUT2D eigenvalue weighted by Gasteiger charge is 2.28. The van der Waals surface area contributed by atoms with Crippen molar-refractivity contribution in [2.45, 2.75) is 19.6 Å². The Hall–Kier alpha value is -2.90. The summed E-state index contributed by atoms with van der Waals surface area (Å²) < 4.78 is 47.2. The average Bonchev–Trinajstić information content (AvgIpc) is 2.58. The highest BCUT2D eigenvalue weighted by Crippen LogP contribution is 2.24. The summed E-state index contributed by atoms with van der Waals surface area (Å²) in [6, 6.07) is 12.1. The van der Waals surface area contributed by atoms with E-state index in [1.165, 1.54) is 0 Å². The Morgan fingerprint density at radius 3 is 2.65 bits per heavy atom. The summed E-state index contributed by atoms with van der Waals surface area (Å²) in [4.78, 5) is 4.16. The van der Waals surface area contributed by atoms with Gasteiger partial charge in [0.1, 0.15) is 11.5 Å². The molecule has 5 nitrogen and oxygen atoms in total. The summed E-state index contributed by atoms with van der Waals surface area (Å²) in [5.74, 6) is 0.921. The fourth-order valence-electron chi connectivity index (χ4n) is 2.14. The first kappa shape index (κ1) is 19.4. The van der Waals surface area contributed by atoms with Crippen LogP contribution in [0.15, 0.2) is 47.5 Å². The van der Waals surface area contributed by atoms with Crippen LogP contribution in [0.1, 0.15) is 11.1 Å². The Morgan fingerprint density at radius 2 is 1.96 bits per heavy atom. The van der Waals surface area contributed by atoms with Gasteiger partial charge in [0.05, 0.1) is 13.7 Å². The van der Waals surface area contributed by atoms with Crippen molar-refractivity contribution in [2.75, 3.05) is 19.0 Å². The van der Waals surface area contributed by atoms with Crippen LogP contribution < -0.4 is 20.5 Å². The van der Waals surface area contributed by atoms with Crippen LogP contribution in [-0.4, -0.2) is 25.9 Å².